The third-order valence-electron chi connectivity index (χ3n) is 18.5. The van der Waals surface area contributed by atoms with Crippen LogP contribution in [0, 0.1) is 0 Å². The fraction of sp³-hybridized carbons (Fsp3) is 0.178. The minimum atomic E-state index is -0.348. The number of aromatic amines is 1. The molecule has 3 heterocycles. The van der Waals surface area contributed by atoms with E-state index in [9.17, 15) is 0 Å². The van der Waals surface area contributed by atoms with Crippen LogP contribution in [0.1, 0.15) is 101 Å². The fourth-order valence-electron chi connectivity index (χ4n) is 14.7. The van der Waals surface area contributed by atoms with E-state index < -0.39 is 0 Å². The highest BCUT2D eigenvalue weighted by Crippen LogP contribution is 2.64. The Hall–Kier alpha value is -8.60. The summed E-state index contributed by atoms with van der Waals surface area (Å²) >= 11 is 0. The van der Waals surface area contributed by atoms with Crippen molar-refractivity contribution in [1.82, 2.24) is 4.98 Å². The minimum Gasteiger partial charge on any atom is -0.455 e. The molecule has 3 aromatic heterocycles. The van der Waals surface area contributed by atoms with Gasteiger partial charge in [0, 0.05) is 87.8 Å². The van der Waals surface area contributed by atoms with Gasteiger partial charge in [0.2, 0.25) is 0 Å². The van der Waals surface area contributed by atoms with E-state index in [0.717, 1.165) is 66.9 Å². The van der Waals surface area contributed by atoms with Crippen molar-refractivity contribution in [3.05, 3.63) is 221 Å². The molecule has 77 heavy (non-hydrogen) atoms. The van der Waals surface area contributed by atoms with E-state index in [1.165, 1.54) is 99.3 Å². The van der Waals surface area contributed by atoms with E-state index >= 15 is 0 Å². The summed E-state index contributed by atoms with van der Waals surface area (Å²) in [5.74, 6) is 0. The van der Waals surface area contributed by atoms with Crippen LogP contribution < -0.4 is 4.90 Å². The molecule has 3 aliphatic carbocycles. The average Bonchev–Trinajstić information content (AvgIpc) is 4.30. The van der Waals surface area contributed by atoms with Crippen LogP contribution in [0.2, 0.25) is 0 Å². The van der Waals surface area contributed by atoms with Crippen LogP contribution in [-0.2, 0) is 21.7 Å². The Bertz CT molecular complexity index is 4750. The lowest BCUT2D eigenvalue weighted by Gasteiger charge is -2.32. The first-order valence-electron chi connectivity index (χ1n) is 27.4. The maximum absolute atomic E-state index is 7.02. The van der Waals surface area contributed by atoms with Crippen molar-refractivity contribution in [2.75, 3.05) is 4.90 Å². The molecule has 0 radical (unpaired) electrons. The van der Waals surface area contributed by atoms with Crippen molar-refractivity contribution >= 4 is 82.7 Å². The van der Waals surface area contributed by atoms with Crippen LogP contribution in [-0.4, -0.2) is 4.98 Å². The van der Waals surface area contributed by atoms with E-state index in [0.29, 0.717) is 0 Å². The standard InChI is InChI=1S/C73H58N2O2/c1-70(2,3)41-27-29-42(30-28-41)75(44-32-34-48-55(38-44)73(8,9)66-62(48)64-50-21-13-17-25-60(50)77-69(64)65-46-19-10-14-22-53(46)72(6,7)67(65)66)43-31-33-47-54(37-43)71(4,5)56-39-51(68-63(61(47)56)49-20-12-16-24-59(49)76-68)40-26-35-58-52(36-40)45-18-11-15-23-57(45)74-58/h10-39,74H,1-9H3. The van der Waals surface area contributed by atoms with Gasteiger partial charge in [0.25, 0.3) is 0 Å². The molecule has 0 spiro atoms. The normalized spacial score (nSPS) is 15.4. The smallest absolute Gasteiger partial charge is 0.144 e. The lowest BCUT2D eigenvalue weighted by atomic mass is 9.72. The molecule has 13 aromatic rings. The third-order valence-corrected chi connectivity index (χ3v) is 18.5. The maximum Gasteiger partial charge on any atom is 0.144 e. The van der Waals surface area contributed by atoms with Crippen LogP contribution in [0.4, 0.5) is 17.1 Å². The second-order valence-corrected chi connectivity index (χ2v) is 24.9. The zero-order valence-electron chi connectivity index (χ0n) is 45.1. The predicted molar refractivity (Wildman–Crippen MR) is 322 cm³/mol. The zero-order valence-corrected chi connectivity index (χ0v) is 45.1. The molecule has 0 fully saturated rings. The number of H-pyrrole nitrogens is 1. The average molecular weight is 995 g/mol. The summed E-state index contributed by atoms with van der Waals surface area (Å²) in [7, 11) is 0. The summed E-state index contributed by atoms with van der Waals surface area (Å²) < 4.78 is 14.0. The number of hydrogen-bond acceptors (Lipinski definition) is 3. The zero-order chi connectivity index (χ0) is 52.2. The fourth-order valence-corrected chi connectivity index (χ4v) is 14.7. The van der Waals surface area contributed by atoms with Gasteiger partial charge in [-0.05, 0) is 151 Å². The van der Waals surface area contributed by atoms with Crippen molar-refractivity contribution in [3.63, 3.8) is 0 Å². The summed E-state index contributed by atoms with van der Waals surface area (Å²) in [6.45, 7) is 21.5. The van der Waals surface area contributed by atoms with Crippen molar-refractivity contribution in [2.45, 2.75) is 84.0 Å². The molecule has 0 atom stereocenters. The molecule has 0 amide bonds. The Labute approximate surface area is 448 Å². The van der Waals surface area contributed by atoms with Gasteiger partial charge in [0.1, 0.15) is 22.3 Å². The summed E-state index contributed by atoms with van der Waals surface area (Å²) in [6.07, 6.45) is 0. The molecule has 0 bridgehead atoms. The molecule has 3 aliphatic rings. The number of nitrogens with zero attached hydrogens (tertiary/aromatic N) is 1. The van der Waals surface area contributed by atoms with Gasteiger partial charge in [-0.15, -0.1) is 0 Å². The molecule has 0 unspecified atom stereocenters. The second kappa shape index (κ2) is 14.9. The number of nitrogens with one attached hydrogen (secondary N) is 1. The van der Waals surface area contributed by atoms with Crippen LogP contribution in [0.15, 0.2) is 191 Å². The summed E-state index contributed by atoms with van der Waals surface area (Å²) in [4.78, 5) is 6.15. The Morgan fingerprint density at radius 3 is 1.62 bits per heavy atom. The highest BCUT2D eigenvalue weighted by atomic mass is 16.3. The Balaban J connectivity index is 0.902. The Morgan fingerprint density at radius 1 is 0.390 bits per heavy atom. The Morgan fingerprint density at radius 2 is 0.922 bits per heavy atom. The largest absolute Gasteiger partial charge is 0.455 e. The van der Waals surface area contributed by atoms with Gasteiger partial charge in [-0.1, -0.05) is 172 Å². The van der Waals surface area contributed by atoms with Gasteiger partial charge in [-0.25, -0.2) is 0 Å². The topological polar surface area (TPSA) is 45.3 Å². The molecule has 0 aliphatic heterocycles. The monoisotopic (exact) mass is 994 g/mol. The molecule has 1 N–H and O–H groups in total. The SMILES string of the molecule is CC(C)(C)c1ccc(N(c2ccc3c(c2)C(C)(C)c2cc(-c4ccc5[nH]c6ccccc6c5c4)c4oc5ccccc5c4c2-3)c2ccc3c(c2)C(C)(C)c2c4c(c5oc6ccccc6c5c2-3)-c2ccccc2C4(C)C)cc1. The number of para-hydroxylation sites is 3. The van der Waals surface area contributed by atoms with Crippen LogP contribution in [0.25, 0.3) is 110 Å². The second-order valence-electron chi connectivity index (χ2n) is 24.9. The van der Waals surface area contributed by atoms with E-state index in [1.807, 2.05) is 0 Å². The van der Waals surface area contributed by atoms with E-state index in [4.69, 9.17) is 8.83 Å². The highest BCUT2D eigenvalue weighted by molar-refractivity contribution is 6.22. The van der Waals surface area contributed by atoms with Crippen molar-refractivity contribution in [1.29, 1.82) is 0 Å². The number of rotatable bonds is 4. The highest BCUT2D eigenvalue weighted by Gasteiger charge is 2.49. The Kier molecular flexibility index (Phi) is 8.62. The van der Waals surface area contributed by atoms with E-state index in [-0.39, 0.29) is 21.7 Å². The van der Waals surface area contributed by atoms with Gasteiger partial charge in [0.05, 0.1) is 0 Å². The van der Waals surface area contributed by atoms with Crippen LogP contribution in [0.3, 0.4) is 0 Å². The molecule has 0 saturated heterocycles. The first-order chi connectivity index (χ1) is 37.1. The van der Waals surface area contributed by atoms with Gasteiger partial charge < -0.3 is 18.7 Å². The predicted octanol–water partition coefficient (Wildman–Crippen LogP) is 20.5. The molecule has 16 rings (SSSR count). The van der Waals surface area contributed by atoms with Crippen molar-refractivity contribution in [2.24, 2.45) is 0 Å². The van der Waals surface area contributed by atoms with Crippen LogP contribution in [0.5, 0.6) is 0 Å². The molecule has 372 valence electrons. The quantitative estimate of drug-likeness (QED) is 0.191. The number of hydrogen-bond donors (Lipinski definition) is 1. The summed E-state index contributed by atoms with van der Waals surface area (Å²) in [5.41, 5.74) is 27.8. The van der Waals surface area contributed by atoms with Crippen molar-refractivity contribution in [3.8, 4) is 44.5 Å². The first kappa shape index (κ1) is 44.7. The van der Waals surface area contributed by atoms with Gasteiger partial charge in [0.15, 0.2) is 0 Å². The maximum atomic E-state index is 7.02. The third kappa shape index (κ3) is 5.83. The molecular weight excluding hydrogens is 937 g/mol. The number of fused-ring (bicyclic) bond motifs is 22. The molecular formula is C73H58N2O2. The number of furan rings is 2. The van der Waals surface area contributed by atoms with E-state index in [1.54, 1.807) is 0 Å². The minimum absolute atomic E-state index is 0.00894. The first-order valence-corrected chi connectivity index (χ1v) is 27.4. The van der Waals surface area contributed by atoms with E-state index in [2.05, 4.69) is 254 Å². The number of anilines is 3. The molecule has 0 saturated carbocycles. The lowest BCUT2D eigenvalue weighted by molar-refractivity contribution is 0.590. The van der Waals surface area contributed by atoms with Gasteiger partial charge in [-0.2, -0.15) is 0 Å². The molecule has 4 nitrogen and oxygen atoms in total. The number of benzene rings is 10. The summed E-state index contributed by atoms with van der Waals surface area (Å²) in [6, 6.07) is 67.9. The summed E-state index contributed by atoms with van der Waals surface area (Å²) in [5, 5.41) is 7.15. The van der Waals surface area contributed by atoms with Crippen molar-refractivity contribution < 1.29 is 8.83 Å². The number of aromatic nitrogens is 1. The van der Waals surface area contributed by atoms with Gasteiger partial charge >= 0.3 is 0 Å². The lowest BCUT2D eigenvalue weighted by Crippen LogP contribution is -2.24. The molecule has 4 heteroatoms. The van der Waals surface area contributed by atoms with Crippen LogP contribution >= 0.6 is 0 Å². The molecule has 10 aromatic carbocycles. The van der Waals surface area contributed by atoms with Gasteiger partial charge in [-0.3, -0.25) is 0 Å².